The minimum atomic E-state index is -0.935. The first kappa shape index (κ1) is 21.5. The van der Waals surface area contributed by atoms with Gasteiger partial charge in [-0.05, 0) is 41.8 Å². The van der Waals surface area contributed by atoms with E-state index in [1.54, 1.807) is 28.0 Å². The molecule has 1 saturated heterocycles. The maximum absolute atomic E-state index is 13.6. The predicted octanol–water partition coefficient (Wildman–Crippen LogP) is 4.98. The van der Waals surface area contributed by atoms with Gasteiger partial charge in [-0.2, -0.15) is 0 Å². The molecule has 0 unspecified atom stereocenters. The highest BCUT2D eigenvalue weighted by Gasteiger charge is 2.28. The molecule has 3 aromatic rings. The van der Waals surface area contributed by atoms with E-state index in [-0.39, 0.29) is 24.9 Å². The third-order valence-corrected chi connectivity index (χ3v) is 5.35. The highest BCUT2D eigenvalue weighted by Crippen LogP contribution is 2.29. The average Bonchev–Trinajstić information content (AvgIpc) is 2.79. The van der Waals surface area contributed by atoms with Crippen LogP contribution in [-0.2, 0) is 17.8 Å². The van der Waals surface area contributed by atoms with Crippen molar-refractivity contribution in [3.05, 3.63) is 95.6 Å². The molecule has 1 aliphatic heterocycles. The molecule has 0 aromatic heterocycles. The van der Waals surface area contributed by atoms with Gasteiger partial charge in [0.2, 0.25) is 5.91 Å². The number of amides is 3. The maximum atomic E-state index is 13.6. The zero-order chi connectivity index (χ0) is 22.5. The lowest BCUT2D eigenvalue weighted by Gasteiger charge is -2.36. The normalized spacial score (nSPS) is 13.9. The highest BCUT2D eigenvalue weighted by atomic mass is 19.2. The Balaban J connectivity index is 1.49. The van der Waals surface area contributed by atoms with Crippen LogP contribution in [-0.4, -0.2) is 29.9 Å². The fourth-order valence-corrected chi connectivity index (χ4v) is 3.80. The van der Waals surface area contributed by atoms with Gasteiger partial charge in [0.1, 0.15) is 0 Å². The summed E-state index contributed by atoms with van der Waals surface area (Å²) in [6, 6.07) is 20.0. The van der Waals surface area contributed by atoms with E-state index in [0.29, 0.717) is 36.4 Å². The topological polar surface area (TPSA) is 52.7 Å². The second-order valence-corrected chi connectivity index (χ2v) is 7.69. The lowest BCUT2D eigenvalue weighted by molar-refractivity contribution is -0.115. The largest absolute Gasteiger partial charge is 0.324 e. The van der Waals surface area contributed by atoms with Gasteiger partial charge in [-0.15, -0.1) is 0 Å². The van der Waals surface area contributed by atoms with Crippen molar-refractivity contribution < 1.29 is 18.4 Å². The molecule has 1 fully saturated rings. The number of para-hydroxylation sites is 2. The fourth-order valence-electron chi connectivity index (χ4n) is 3.80. The molecule has 1 aliphatic rings. The van der Waals surface area contributed by atoms with E-state index >= 15 is 0 Å². The Morgan fingerprint density at radius 3 is 2.41 bits per heavy atom. The van der Waals surface area contributed by atoms with Crippen LogP contribution in [0.3, 0.4) is 0 Å². The summed E-state index contributed by atoms with van der Waals surface area (Å²) in [4.78, 5) is 29.0. The average molecular weight is 435 g/mol. The number of anilines is 2. The number of halogens is 2. The van der Waals surface area contributed by atoms with Crippen LogP contribution in [0.4, 0.5) is 25.0 Å². The van der Waals surface area contributed by atoms with Crippen molar-refractivity contribution in [2.75, 3.05) is 23.3 Å². The maximum Gasteiger partial charge on any atom is 0.324 e. The van der Waals surface area contributed by atoms with E-state index in [1.807, 2.05) is 36.4 Å². The van der Waals surface area contributed by atoms with Crippen molar-refractivity contribution >= 4 is 23.3 Å². The Labute approximate surface area is 185 Å². The van der Waals surface area contributed by atoms with Gasteiger partial charge in [-0.1, -0.05) is 48.5 Å². The number of nitrogens with one attached hydrogen (secondary N) is 1. The second kappa shape index (κ2) is 9.60. The molecule has 0 bridgehead atoms. The Morgan fingerprint density at radius 2 is 1.62 bits per heavy atom. The number of hydrogen-bond donors (Lipinski definition) is 1. The number of carbonyl (C=O) groups excluding carboxylic acids is 2. The monoisotopic (exact) mass is 435 g/mol. The second-order valence-electron chi connectivity index (χ2n) is 7.69. The molecule has 3 aromatic carbocycles. The lowest BCUT2D eigenvalue weighted by Crippen LogP contribution is -2.49. The fraction of sp³-hybridized carbons (Fsp3) is 0.200. The number of nitrogens with zero attached hydrogens (tertiary/aromatic N) is 2. The predicted molar refractivity (Wildman–Crippen MR) is 119 cm³/mol. The van der Waals surface area contributed by atoms with Crippen molar-refractivity contribution in [2.24, 2.45) is 0 Å². The minimum absolute atomic E-state index is 0.174. The summed E-state index contributed by atoms with van der Waals surface area (Å²) < 4.78 is 26.8. The van der Waals surface area contributed by atoms with Crippen LogP contribution in [0.25, 0.3) is 0 Å². The summed E-state index contributed by atoms with van der Waals surface area (Å²) in [5.74, 6) is -2.03. The molecule has 5 nitrogen and oxygen atoms in total. The first-order chi connectivity index (χ1) is 15.5. The molecule has 7 heteroatoms. The summed E-state index contributed by atoms with van der Waals surface area (Å²) >= 11 is 0. The van der Waals surface area contributed by atoms with Gasteiger partial charge >= 0.3 is 6.03 Å². The smallest absolute Gasteiger partial charge is 0.324 e. The van der Waals surface area contributed by atoms with Crippen molar-refractivity contribution in [3.63, 3.8) is 0 Å². The number of carbonyl (C=O) groups is 2. The highest BCUT2D eigenvalue weighted by molar-refractivity contribution is 6.01. The van der Waals surface area contributed by atoms with Crippen LogP contribution in [0.15, 0.2) is 72.8 Å². The van der Waals surface area contributed by atoms with E-state index in [0.717, 1.165) is 17.7 Å². The van der Waals surface area contributed by atoms with Gasteiger partial charge in [-0.3, -0.25) is 9.69 Å². The van der Waals surface area contributed by atoms with E-state index in [1.165, 1.54) is 6.07 Å². The summed E-state index contributed by atoms with van der Waals surface area (Å²) in [6.07, 6.45) is 0.938. The van der Waals surface area contributed by atoms with Crippen molar-refractivity contribution in [3.8, 4) is 0 Å². The summed E-state index contributed by atoms with van der Waals surface area (Å²) in [6.45, 7) is 1.19. The molecule has 32 heavy (non-hydrogen) atoms. The lowest BCUT2D eigenvalue weighted by atomic mass is 10.1. The standard InChI is InChI=1S/C25H23F2N3O2/c26-20-12-11-19(15-21(20)27)17-29-13-6-14-30(25(29)32)23-10-5-4-9-22(23)28-24(31)16-18-7-2-1-3-8-18/h1-5,7-12,15H,6,13-14,16-17H2,(H,28,31). The molecule has 4 rings (SSSR count). The molecule has 0 spiro atoms. The molecule has 0 aliphatic carbocycles. The zero-order valence-electron chi connectivity index (χ0n) is 17.4. The van der Waals surface area contributed by atoms with E-state index in [2.05, 4.69) is 5.32 Å². The van der Waals surface area contributed by atoms with Crippen LogP contribution < -0.4 is 10.2 Å². The number of rotatable bonds is 6. The molecule has 0 radical (unpaired) electrons. The number of hydrogen-bond acceptors (Lipinski definition) is 2. The summed E-state index contributed by atoms with van der Waals surface area (Å²) in [7, 11) is 0. The van der Waals surface area contributed by atoms with Gasteiger partial charge in [0.25, 0.3) is 0 Å². The van der Waals surface area contributed by atoms with Gasteiger partial charge in [0, 0.05) is 19.6 Å². The van der Waals surface area contributed by atoms with Gasteiger partial charge < -0.3 is 10.2 Å². The van der Waals surface area contributed by atoms with Crippen molar-refractivity contribution in [1.82, 2.24) is 4.90 Å². The third-order valence-electron chi connectivity index (χ3n) is 5.35. The van der Waals surface area contributed by atoms with E-state index in [9.17, 15) is 18.4 Å². The first-order valence-corrected chi connectivity index (χ1v) is 10.4. The molecule has 1 N–H and O–H groups in total. The molecular weight excluding hydrogens is 412 g/mol. The van der Waals surface area contributed by atoms with Crippen LogP contribution >= 0.6 is 0 Å². The molecule has 3 amide bonds. The molecule has 0 atom stereocenters. The van der Waals surface area contributed by atoms with Crippen LogP contribution in [0.1, 0.15) is 17.5 Å². The molecular formula is C25H23F2N3O2. The molecule has 1 heterocycles. The molecule has 0 saturated carbocycles. The number of benzene rings is 3. The van der Waals surface area contributed by atoms with Crippen LogP contribution in [0, 0.1) is 11.6 Å². The van der Waals surface area contributed by atoms with Crippen LogP contribution in [0.5, 0.6) is 0 Å². The number of urea groups is 1. The van der Waals surface area contributed by atoms with Crippen LogP contribution in [0.2, 0.25) is 0 Å². The van der Waals surface area contributed by atoms with E-state index < -0.39 is 11.6 Å². The minimum Gasteiger partial charge on any atom is -0.324 e. The van der Waals surface area contributed by atoms with Gasteiger partial charge in [-0.25, -0.2) is 13.6 Å². The Bertz CT molecular complexity index is 1120. The third kappa shape index (κ3) is 4.94. The van der Waals surface area contributed by atoms with Crippen molar-refractivity contribution in [2.45, 2.75) is 19.4 Å². The summed E-state index contributed by atoms with van der Waals surface area (Å²) in [5.41, 5.74) is 2.57. The van der Waals surface area contributed by atoms with Crippen molar-refractivity contribution in [1.29, 1.82) is 0 Å². The van der Waals surface area contributed by atoms with Gasteiger partial charge in [0.05, 0.1) is 17.8 Å². The summed E-state index contributed by atoms with van der Waals surface area (Å²) in [5, 5.41) is 2.91. The first-order valence-electron chi connectivity index (χ1n) is 10.4. The Hall–Kier alpha value is -3.74. The SMILES string of the molecule is O=C(Cc1ccccc1)Nc1ccccc1N1CCCN(Cc2ccc(F)c(F)c2)C1=O. The quantitative estimate of drug-likeness (QED) is 0.594. The zero-order valence-corrected chi connectivity index (χ0v) is 17.4. The molecule has 164 valence electrons. The van der Waals surface area contributed by atoms with Gasteiger partial charge in [0.15, 0.2) is 11.6 Å². The Morgan fingerprint density at radius 1 is 0.875 bits per heavy atom. The van der Waals surface area contributed by atoms with E-state index in [4.69, 9.17) is 0 Å². The Kier molecular flexibility index (Phi) is 6.44.